The first-order valence-corrected chi connectivity index (χ1v) is 19.7. The highest BCUT2D eigenvalue weighted by atomic mass is 15.1. The number of allylic oxidation sites excluding steroid dienone is 4. The molecule has 0 unspecified atom stereocenters. The van der Waals surface area contributed by atoms with Crippen LogP contribution in [0.2, 0.25) is 0 Å². The Morgan fingerprint density at radius 2 is 0.431 bits per heavy atom. The first kappa shape index (κ1) is 37.3. The van der Waals surface area contributed by atoms with E-state index >= 15 is 0 Å². The van der Waals surface area contributed by atoms with Crippen molar-refractivity contribution in [1.82, 2.24) is 0 Å². The number of benzene rings is 8. The molecule has 0 spiro atoms. The molecule has 58 heavy (non-hydrogen) atoms. The molecule has 0 atom stereocenters. The van der Waals surface area contributed by atoms with Crippen molar-refractivity contribution in [1.29, 1.82) is 0 Å². The highest BCUT2D eigenvalue weighted by Crippen LogP contribution is 2.38. The van der Waals surface area contributed by atoms with E-state index in [1.807, 2.05) is 12.1 Å². The maximum atomic E-state index is 2.30. The van der Waals surface area contributed by atoms with Crippen LogP contribution in [-0.4, -0.2) is 0 Å². The standard InChI is InChI=1S/C56H44N2/c1-5-17-45(18-6-1)21-13-15-23-47-29-37-53(38-30-47)57(51-25-9-3-10-26-51)55-41-33-49(34-42-55)50-35-43-56(44-36-50)58(52-27-11-4-12-28-52)54-39-31-48(32-40-54)24-16-14-22-46-19-7-2-8-20-46/h1-44H. The summed E-state index contributed by atoms with van der Waals surface area (Å²) >= 11 is 0. The van der Waals surface area contributed by atoms with Crippen molar-refractivity contribution in [2.24, 2.45) is 0 Å². The van der Waals surface area contributed by atoms with Gasteiger partial charge in [0, 0.05) is 34.1 Å². The lowest BCUT2D eigenvalue weighted by atomic mass is 10.0. The van der Waals surface area contributed by atoms with E-state index in [1.54, 1.807) is 0 Å². The lowest BCUT2D eigenvalue weighted by molar-refractivity contribution is 1.28. The first-order chi connectivity index (χ1) is 28.8. The summed E-state index contributed by atoms with van der Waals surface area (Å²) in [5, 5.41) is 0. The molecule has 0 heterocycles. The van der Waals surface area contributed by atoms with Gasteiger partial charge >= 0.3 is 0 Å². The van der Waals surface area contributed by atoms with Crippen molar-refractivity contribution in [2.75, 3.05) is 9.80 Å². The zero-order valence-electron chi connectivity index (χ0n) is 32.3. The Morgan fingerprint density at radius 3 is 0.724 bits per heavy atom. The zero-order chi connectivity index (χ0) is 39.2. The Morgan fingerprint density at radius 1 is 0.207 bits per heavy atom. The second-order valence-corrected chi connectivity index (χ2v) is 13.9. The first-order valence-electron chi connectivity index (χ1n) is 19.7. The van der Waals surface area contributed by atoms with Gasteiger partial charge in [-0.05, 0) is 106 Å². The largest absolute Gasteiger partial charge is 0.311 e. The van der Waals surface area contributed by atoms with Crippen molar-refractivity contribution in [3.05, 3.63) is 265 Å². The van der Waals surface area contributed by atoms with Gasteiger partial charge in [0.2, 0.25) is 0 Å². The SMILES string of the molecule is C(C=Cc1ccc(N(c2ccccc2)c2ccc(-c3ccc(N(c4ccccc4)c4ccc(C=CC=Cc5ccccc5)cc4)cc3)cc2)cc1)=Cc1ccccc1. The summed E-state index contributed by atoms with van der Waals surface area (Å²) in [7, 11) is 0. The van der Waals surface area contributed by atoms with Crippen LogP contribution in [0.5, 0.6) is 0 Å². The molecule has 0 aliphatic carbocycles. The zero-order valence-corrected chi connectivity index (χ0v) is 32.3. The number of rotatable bonds is 13. The van der Waals surface area contributed by atoms with Gasteiger partial charge in [0.05, 0.1) is 0 Å². The second kappa shape index (κ2) is 18.8. The van der Waals surface area contributed by atoms with Crippen LogP contribution in [0.4, 0.5) is 34.1 Å². The number of hydrogen-bond acceptors (Lipinski definition) is 2. The van der Waals surface area contributed by atoms with Crippen LogP contribution in [0, 0.1) is 0 Å². The fourth-order valence-electron chi connectivity index (χ4n) is 6.92. The fraction of sp³-hybridized carbons (Fsp3) is 0. The Hall–Kier alpha value is -7.68. The summed E-state index contributed by atoms with van der Waals surface area (Å²) < 4.78 is 0. The molecule has 2 nitrogen and oxygen atoms in total. The predicted molar refractivity (Wildman–Crippen MR) is 250 cm³/mol. The molecule has 0 bridgehead atoms. The Balaban J connectivity index is 0.994. The van der Waals surface area contributed by atoms with E-state index < -0.39 is 0 Å². The molecule has 8 aromatic rings. The van der Waals surface area contributed by atoms with E-state index in [0.29, 0.717) is 0 Å². The van der Waals surface area contributed by atoms with E-state index in [4.69, 9.17) is 0 Å². The summed E-state index contributed by atoms with van der Waals surface area (Å²) in [6.07, 6.45) is 16.8. The third kappa shape index (κ3) is 9.57. The molecule has 2 heteroatoms. The van der Waals surface area contributed by atoms with Gasteiger partial charge in [0.1, 0.15) is 0 Å². The van der Waals surface area contributed by atoms with Gasteiger partial charge in [-0.15, -0.1) is 0 Å². The molecule has 0 saturated carbocycles. The predicted octanol–water partition coefficient (Wildman–Crippen LogP) is 15.7. The smallest absolute Gasteiger partial charge is 0.0462 e. The molecule has 0 aliphatic heterocycles. The van der Waals surface area contributed by atoms with Crippen molar-refractivity contribution >= 4 is 58.4 Å². The average molecular weight is 745 g/mol. The topological polar surface area (TPSA) is 6.48 Å². The van der Waals surface area contributed by atoms with E-state index in [9.17, 15) is 0 Å². The van der Waals surface area contributed by atoms with Crippen LogP contribution in [0.3, 0.4) is 0 Å². The van der Waals surface area contributed by atoms with Gasteiger partial charge < -0.3 is 9.80 Å². The molecule has 0 N–H and O–H groups in total. The van der Waals surface area contributed by atoms with Gasteiger partial charge in [-0.25, -0.2) is 0 Å². The summed E-state index contributed by atoms with van der Waals surface area (Å²) in [5.74, 6) is 0. The Bertz CT molecular complexity index is 2400. The van der Waals surface area contributed by atoms with Crippen LogP contribution in [0.1, 0.15) is 22.3 Å². The normalized spacial score (nSPS) is 11.5. The maximum Gasteiger partial charge on any atom is 0.0462 e. The van der Waals surface area contributed by atoms with Crippen molar-refractivity contribution in [2.45, 2.75) is 0 Å². The molecule has 0 saturated heterocycles. The molecule has 0 radical (unpaired) electrons. The molecular formula is C56H44N2. The molecule has 0 aromatic heterocycles. The second-order valence-electron chi connectivity index (χ2n) is 13.9. The minimum absolute atomic E-state index is 1.10. The van der Waals surface area contributed by atoms with Crippen molar-refractivity contribution in [3.8, 4) is 11.1 Å². The molecule has 278 valence electrons. The molecule has 0 fully saturated rings. The third-order valence-electron chi connectivity index (χ3n) is 9.89. The average Bonchev–Trinajstić information content (AvgIpc) is 3.30. The van der Waals surface area contributed by atoms with Gasteiger partial charge in [0.25, 0.3) is 0 Å². The van der Waals surface area contributed by atoms with Crippen molar-refractivity contribution in [3.63, 3.8) is 0 Å². The highest BCUT2D eigenvalue weighted by Gasteiger charge is 2.14. The maximum absolute atomic E-state index is 2.30. The van der Waals surface area contributed by atoms with Crippen LogP contribution in [-0.2, 0) is 0 Å². The lowest BCUT2D eigenvalue weighted by Crippen LogP contribution is -2.10. The summed E-state index contributed by atoms with van der Waals surface area (Å²) in [6.45, 7) is 0. The Labute approximate surface area is 343 Å². The molecule has 8 aromatic carbocycles. The van der Waals surface area contributed by atoms with Gasteiger partial charge in [-0.2, -0.15) is 0 Å². The number of nitrogens with zero attached hydrogens (tertiary/aromatic N) is 2. The Kier molecular flexibility index (Phi) is 12.1. The van der Waals surface area contributed by atoms with Crippen LogP contribution >= 0.6 is 0 Å². The van der Waals surface area contributed by atoms with Crippen LogP contribution in [0.25, 0.3) is 35.4 Å². The molecule has 0 aliphatic rings. The number of hydrogen-bond donors (Lipinski definition) is 0. The molecule has 8 rings (SSSR count). The summed E-state index contributed by atoms with van der Waals surface area (Å²) in [4.78, 5) is 4.60. The van der Waals surface area contributed by atoms with E-state index in [0.717, 1.165) is 56.4 Å². The monoisotopic (exact) mass is 744 g/mol. The third-order valence-corrected chi connectivity index (χ3v) is 9.89. The van der Waals surface area contributed by atoms with Gasteiger partial charge in [-0.3, -0.25) is 0 Å². The minimum Gasteiger partial charge on any atom is -0.311 e. The molecular weight excluding hydrogens is 701 g/mol. The quantitative estimate of drug-likeness (QED) is 0.108. The van der Waals surface area contributed by atoms with Gasteiger partial charge in [0.15, 0.2) is 0 Å². The van der Waals surface area contributed by atoms with E-state index in [1.165, 1.54) is 11.1 Å². The summed E-state index contributed by atoms with van der Waals surface area (Å²) in [5.41, 5.74) is 13.6. The molecule has 0 amide bonds. The van der Waals surface area contributed by atoms with Crippen LogP contribution < -0.4 is 9.80 Å². The number of anilines is 6. The minimum atomic E-state index is 1.10. The van der Waals surface area contributed by atoms with E-state index in [2.05, 4.69) is 265 Å². The van der Waals surface area contributed by atoms with Crippen LogP contribution in [0.15, 0.2) is 243 Å². The fourth-order valence-corrected chi connectivity index (χ4v) is 6.92. The highest BCUT2D eigenvalue weighted by molar-refractivity contribution is 5.81. The van der Waals surface area contributed by atoms with Crippen molar-refractivity contribution < 1.29 is 0 Å². The van der Waals surface area contributed by atoms with E-state index in [-0.39, 0.29) is 0 Å². The lowest BCUT2D eigenvalue weighted by Gasteiger charge is -2.26. The number of para-hydroxylation sites is 2. The summed E-state index contributed by atoms with van der Waals surface area (Å²) in [6, 6.07) is 76.9. The van der Waals surface area contributed by atoms with Gasteiger partial charge in [-0.1, -0.05) is 194 Å².